The summed E-state index contributed by atoms with van der Waals surface area (Å²) in [4.78, 5) is 13.4. The highest BCUT2D eigenvalue weighted by atomic mass is 32.1. The third-order valence-electron chi connectivity index (χ3n) is 4.04. The van der Waals surface area contributed by atoms with Crippen molar-refractivity contribution >= 4 is 27.9 Å². The lowest BCUT2D eigenvalue weighted by Gasteiger charge is -2.11. The van der Waals surface area contributed by atoms with Crippen molar-refractivity contribution in [2.75, 3.05) is 5.32 Å². The van der Waals surface area contributed by atoms with Crippen LogP contribution in [-0.4, -0.2) is 31.8 Å². The number of para-hydroxylation sites is 1. The Morgan fingerprint density at radius 3 is 2.57 bits per heavy atom. The smallest absolute Gasteiger partial charge is 0.255 e. The van der Waals surface area contributed by atoms with Gasteiger partial charge in [0, 0.05) is 11.1 Å². The molecule has 2 heterocycles. The topological polar surface area (TPSA) is 81.4 Å². The number of nitrogens with one attached hydrogen (secondary N) is 1. The van der Waals surface area contributed by atoms with Crippen LogP contribution >= 0.6 is 11.3 Å². The second-order valence-electron chi connectivity index (χ2n) is 6.54. The van der Waals surface area contributed by atoms with E-state index in [-0.39, 0.29) is 12.0 Å². The second kappa shape index (κ2) is 7.40. The number of hydrogen-bond acceptors (Lipinski definition) is 6. The number of amides is 1. The average molecular weight is 393 g/mol. The maximum Gasteiger partial charge on any atom is 0.255 e. The normalized spacial score (nSPS) is 11.1. The van der Waals surface area contributed by atoms with E-state index in [1.165, 1.54) is 11.3 Å². The van der Waals surface area contributed by atoms with Crippen LogP contribution < -0.4 is 10.1 Å². The van der Waals surface area contributed by atoms with Gasteiger partial charge in [0.1, 0.15) is 10.8 Å². The Morgan fingerprint density at radius 1 is 1.11 bits per heavy atom. The van der Waals surface area contributed by atoms with Crippen molar-refractivity contribution < 1.29 is 9.53 Å². The highest BCUT2D eigenvalue weighted by Crippen LogP contribution is 2.31. The number of ether oxygens (including phenoxy) is 1. The fourth-order valence-electron chi connectivity index (χ4n) is 2.75. The number of carbonyl (C=O) groups excluding carboxylic acids is 1. The maximum absolute atomic E-state index is 12.7. The van der Waals surface area contributed by atoms with Crippen LogP contribution in [0.2, 0.25) is 0 Å². The third-order valence-corrected chi connectivity index (χ3v) is 4.97. The van der Waals surface area contributed by atoms with Crippen molar-refractivity contribution in [3.63, 3.8) is 0 Å². The fraction of sp³-hybridized carbons (Fsp3) is 0.200. The van der Waals surface area contributed by atoms with Crippen LogP contribution in [0.25, 0.3) is 15.5 Å². The van der Waals surface area contributed by atoms with Gasteiger partial charge in [0.05, 0.1) is 11.8 Å². The SMILES string of the molecule is Cc1nnc2sc(-c3ccccc3NC(=O)c3ccc(OC(C)C)cc3)nn12. The summed E-state index contributed by atoms with van der Waals surface area (Å²) in [6, 6.07) is 14.7. The predicted octanol–water partition coefficient (Wildman–Crippen LogP) is 4.20. The van der Waals surface area contributed by atoms with Gasteiger partial charge in [-0.3, -0.25) is 4.79 Å². The zero-order valence-corrected chi connectivity index (χ0v) is 16.5. The molecular weight excluding hydrogens is 374 g/mol. The van der Waals surface area contributed by atoms with Gasteiger partial charge in [-0.2, -0.15) is 9.61 Å². The van der Waals surface area contributed by atoms with Crippen LogP contribution in [0.3, 0.4) is 0 Å². The summed E-state index contributed by atoms with van der Waals surface area (Å²) in [5, 5.41) is 16.4. The number of fused-ring (bicyclic) bond motifs is 1. The fourth-order valence-corrected chi connectivity index (χ4v) is 3.68. The third kappa shape index (κ3) is 3.59. The van der Waals surface area contributed by atoms with E-state index < -0.39 is 0 Å². The molecule has 0 radical (unpaired) electrons. The molecule has 4 rings (SSSR count). The summed E-state index contributed by atoms with van der Waals surface area (Å²) in [7, 11) is 0. The first-order chi connectivity index (χ1) is 13.5. The molecule has 28 heavy (non-hydrogen) atoms. The number of rotatable bonds is 5. The van der Waals surface area contributed by atoms with Gasteiger partial charge < -0.3 is 10.1 Å². The van der Waals surface area contributed by atoms with Gasteiger partial charge in [0.2, 0.25) is 4.96 Å². The van der Waals surface area contributed by atoms with Gasteiger partial charge in [-0.15, -0.1) is 10.2 Å². The zero-order chi connectivity index (χ0) is 19.7. The first-order valence-corrected chi connectivity index (χ1v) is 9.69. The van der Waals surface area contributed by atoms with Crippen molar-refractivity contribution in [2.24, 2.45) is 0 Å². The first-order valence-electron chi connectivity index (χ1n) is 8.87. The van der Waals surface area contributed by atoms with Crippen LogP contribution in [0.15, 0.2) is 48.5 Å². The van der Waals surface area contributed by atoms with E-state index in [4.69, 9.17) is 4.74 Å². The second-order valence-corrected chi connectivity index (χ2v) is 7.50. The van der Waals surface area contributed by atoms with Gasteiger partial charge in [0.15, 0.2) is 5.82 Å². The highest BCUT2D eigenvalue weighted by molar-refractivity contribution is 7.19. The van der Waals surface area contributed by atoms with Gasteiger partial charge in [-0.1, -0.05) is 23.5 Å². The molecule has 1 N–H and O–H groups in total. The van der Waals surface area contributed by atoms with Crippen LogP contribution in [0.1, 0.15) is 30.0 Å². The summed E-state index contributed by atoms with van der Waals surface area (Å²) < 4.78 is 7.32. The molecule has 0 spiro atoms. The molecule has 2 aromatic heterocycles. The minimum absolute atomic E-state index is 0.0877. The Bertz CT molecular complexity index is 1130. The van der Waals surface area contributed by atoms with Crippen molar-refractivity contribution in [1.82, 2.24) is 19.8 Å². The van der Waals surface area contributed by atoms with Gasteiger partial charge in [0.25, 0.3) is 5.91 Å². The molecule has 0 fully saturated rings. The predicted molar refractivity (Wildman–Crippen MR) is 109 cm³/mol. The molecule has 0 aliphatic heterocycles. The lowest BCUT2D eigenvalue weighted by atomic mass is 10.1. The summed E-state index contributed by atoms with van der Waals surface area (Å²) in [6.07, 6.45) is 0.0877. The molecule has 7 nitrogen and oxygen atoms in total. The molecule has 0 aliphatic carbocycles. The molecule has 0 unspecified atom stereocenters. The van der Waals surface area contributed by atoms with Gasteiger partial charge >= 0.3 is 0 Å². The monoisotopic (exact) mass is 393 g/mol. The van der Waals surface area contributed by atoms with E-state index >= 15 is 0 Å². The molecule has 142 valence electrons. The highest BCUT2D eigenvalue weighted by Gasteiger charge is 2.15. The maximum atomic E-state index is 12.7. The molecule has 0 aliphatic rings. The number of hydrogen-bond donors (Lipinski definition) is 1. The Kier molecular flexibility index (Phi) is 4.79. The first kappa shape index (κ1) is 18.1. The lowest BCUT2D eigenvalue weighted by Crippen LogP contribution is -2.13. The molecule has 0 saturated carbocycles. The lowest BCUT2D eigenvalue weighted by molar-refractivity contribution is 0.102. The summed E-state index contributed by atoms with van der Waals surface area (Å²) in [5.74, 6) is 1.27. The summed E-state index contributed by atoms with van der Waals surface area (Å²) in [6.45, 7) is 5.78. The summed E-state index contributed by atoms with van der Waals surface area (Å²) in [5.41, 5.74) is 2.09. The van der Waals surface area contributed by atoms with Crippen LogP contribution in [0.5, 0.6) is 5.75 Å². The zero-order valence-electron chi connectivity index (χ0n) is 15.7. The molecule has 1 amide bonds. The molecule has 0 atom stereocenters. The Hall–Kier alpha value is -3.26. The molecule has 0 bridgehead atoms. The van der Waals surface area contributed by atoms with Crippen molar-refractivity contribution in [2.45, 2.75) is 26.9 Å². The van der Waals surface area contributed by atoms with Crippen LogP contribution in [0, 0.1) is 6.92 Å². The quantitative estimate of drug-likeness (QED) is 0.549. The standard InChI is InChI=1S/C20H19N5O2S/c1-12(2)27-15-10-8-14(9-11-15)18(26)21-17-7-5-4-6-16(17)19-24-25-13(3)22-23-20(25)28-19/h4-12H,1-3H3,(H,21,26). The number of anilines is 1. The average Bonchev–Trinajstić information content (AvgIpc) is 3.24. The molecular formula is C20H19N5O2S. The van der Waals surface area contributed by atoms with E-state index in [9.17, 15) is 4.79 Å². The number of carbonyl (C=O) groups is 1. The van der Waals surface area contributed by atoms with Crippen molar-refractivity contribution in [1.29, 1.82) is 0 Å². The van der Waals surface area contributed by atoms with E-state index in [2.05, 4.69) is 20.6 Å². The minimum Gasteiger partial charge on any atom is -0.491 e. The van der Waals surface area contributed by atoms with E-state index in [0.29, 0.717) is 11.3 Å². The van der Waals surface area contributed by atoms with Crippen LogP contribution in [0.4, 0.5) is 5.69 Å². The molecule has 0 saturated heterocycles. The van der Waals surface area contributed by atoms with Crippen LogP contribution in [-0.2, 0) is 0 Å². The Labute approximate surface area is 166 Å². The van der Waals surface area contributed by atoms with Gasteiger partial charge in [-0.05, 0) is 57.2 Å². The van der Waals surface area contributed by atoms with E-state index in [0.717, 1.165) is 27.1 Å². The van der Waals surface area contributed by atoms with E-state index in [1.807, 2.05) is 45.0 Å². The van der Waals surface area contributed by atoms with Crippen molar-refractivity contribution in [3.8, 4) is 16.3 Å². The van der Waals surface area contributed by atoms with Gasteiger partial charge in [-0.25, -0.2) is 0 Å². The summed E-state index contributed by atoms with van der Waals surface area (Å²) >= 11 is 1.43. The number of benzene rings is 2. The minimum atomic E-state index is -0.192. The number of aromatic nitrogens is 4. The van der Waals surface area contributed by atoms with Crippen molar-refractivity contribution in [3.05, 3.63) is 59.9 Å². The molecule has 8 heteroatoms. The molecule has 2 aromatic carbocycles. The largest absolute Gasteiger partial charge is 0.491 e. The van der Waals surface area contributed by atoms with E-state index in [1.54, 1.807) is 28.8 Å². The molecule has 4 aromatic rings. The Morgan fingerprint density at radius 2 is 1.86 bits per heavy atom. The number of nitrogens with zero attached hydrogens (tertiary/aromatic N) is 4. The number of aryl methyl sites for hydroxylation is 1. The Balaban J connectivity index is 1.59.